The Labute approximate surface area is 119 Å². The van der Waals surface area contributed by atoms with Gasteiger partial charge in [0.15, 0.2) is 0 Å². The molecule has 1 aliphatic rings. The van der Waals surface area contributed by atoms with Crippen LogP contribution < -0.4 is 5.32 Å². The molecule has 1 aliphatic carbocycles. The lowest BCUT2D eigenvalue weighted by Crippen LogP contribution is -2.27. The number of nitrogens with one attached hydrogen (secondary N) is 1. The van der Waals surface area contributed by atoms with Crippen molar-refractivity contribution in [2.75, 3.05) is 18.9 Å². The molecule has 0 spiro atoms. The SMILES string of the molecule is CCNC1c2ccccc2CC1SCC(=O)OCC. The molecule has 0 heterocycles. The van der Waals surface area contributed by atoms with E-state index in [4.69, 9.17) is 4.74 Å². The molecule has 19 heavy (non-hydrogen) atoms. The van der Waals surface area contributed by atoms with Crippen molar-refractivity contribution >= 4 is 17.7 Å². The maximum Gasteiger partial charge on any atom is 0.315 e. The van der Waals surface area contributed by atoms with Crippen molar-refractivity contribution in [2.24, 2.45) is 0 Å². The number of benzene rings is 1. The van der Waals surface area contributed by atoms with E-state index < -0.39 is 0 Å². The first kappa shape index (κ1) is 14.4. The van der Waals surface area contributed by atoms with Crippen molar-refractivity contribution < 1.29 is 9.53 Å². The predicted octanol–water partition coefficient (Wildman–Crippen LogP) is 2.56. The number of hydrogen-bond acceptors (Lipinski definition) is 4. The van der Waals surface area contributed by atoms with E-state index in [1.807, 2.05) is 6.92 Å². The maximum absolute atomic E-state index is 11.5. The van der Waals surface area contributed by atoms with E-state index in [1.165, 1.54) is 11.1 Å². The van der Waals surface area contributed by atoms with Crippen LogP contribution in [0, 0.1) is 0 Å². The normalized spacial score (nSPS) is 21.2. The van der Waals surface area contributed by atoms with E-state index in [1.54, 1.807) is 11.8 Å². The van der Waals surface area contributed by atoms with Gasteiger partial charge in [-0.1, -0.05) is 31.2 Å². The zero-order valence-corrected chi connectivity index (χ0v) is 12.3. The van der Waals surface area contributed by atoms with Crippen molar-refractivity contribution in [1.29, 1.82) is 0 Å². The van der Waals surface area contributed by atoms with Gasteiger partial charge >= 0.3 is 5.97 Å². The quantitative estimate of drug-likeness (QED) is 0.812. The van der Waals surface area contributed by atoms with Crippen molar-refractivity contribution in [3.05, 3.63) is 35.4 Å². The minimum Gasteiger partial charge on any atom is -0.465 e. The van der Waals surface area contributed by atoms with Crippen LogP contribution in [0.2, 0.25) is 0 Å². The number of carbonyl (C=O) groups excluding carboxylic acids is 1. The van der Waals surface area contributed by atoms with Gasteiger partial charge in [-0.2, -0.15) is 0 Å². The molecule has 0 saturated carbocycles. The van der Waals surface area contributed by atoms with Crippen LogP contribution in [0.3, 0.4) is 0 Å². The fraction of sp³-hybridized carbons (Fsp3) is 0.533. The molecule has 2 unspecified atom stereocenters. The van der Waals surface area contributed by atoms with Crippen LogP contribution in [0.15, 0.2) is 24.3 Å². The lowest BCUT2D eigenvalue weighted by Gasteiger charge is -2.20. The van der Waals surface area contributed by atoms with Crippen molar-refractivity contribution in [2.45, 2.75) is 31.6 Å². The summed E-state index contributed by atoms with van der Waals surface area (Å²) in [6, 6.07) is 8.89. The highest BCUT2D eigenvalue weighted by Gasteiger charge is 2.32. The monoisotopic (exact) mass is 279 g/mol. The van der Waals surface area contributed by atoms with Crippen LogP contribution in [0.5, 0.6) is 0 Å². The molecule has 3 nitrogen and oxygen atoms in total. The summed E-state index contributed by atoms with van der Waals surface area (Å²) in [6.45, 7) is 5.36. The van der Waals surface area contributed by atoms with Gasteiger partial charge in [0, 0.05) is 11.3 Å². The first-order chi connectivity index (χ1) is 9.26. The number of rotatable bonds is 6. The van der Waals surface area contributed by atoms with Gasteiger partial charge in [0.2, 0.25) is 0 Å². The Morgan fingerprint density at radius 2 is 2.21 bits per heavy atom. The summed E-state index contributed by atoms with van der Waals surface area (Å²) >= 11 is 1.70. The summed E-state index contributed by atoms with van der Waals surface area (Å²) in [4.78, 5) is 11.5. The summed E-state index contributed by atoms with van der Waals surface area (Å²) in [5, 5.41) is 3.95. The van der Waals surface area contributed by atoms with Gasteiger partial charge in [-0.05, 0) is 31.0 Å². The van der Waals surface area contributed by atoms with Gasteiger partial charge in [-0.15, -0.1) is 11.8 Å². The molecule has 1 N–H and O–H groups in total. The van der Waals surface area contributed by atoms with Crippen LogP contribution in [-0.2, 0) is 16.0 Å². The Morgan fingerprint density at radius 1 is 1.42 bits per heavy atom. The Morgan fingerprint density at radius 3 is 2.95 bits per heavy atom. The van der Waals surface area contributed by atoms with Crippen molar-refractivity contribution in [3.8, 4) is 0 Å². The second-order valence-corrected chi connectivity index (χ2v) is 5.82. The number of fused-ring (bicyclic) bond motifs is 1. The number of carbonyl (C=O) groups is 1. The van der Waals surface area contributed by atoms with E-state index in [0.717, 1.165) is 13.0 Å². The molecule has 0 fully saturated rings. The molecule has 0 amide bonds. The van der Waals surface area contributed by atoms with Crippen LogP contribution in [-0.4, -0.2) is 30.1 Å². The largest absolute Gasteiger partial charge is 0.465 e. The van der Waals surface area contributed by atoms with Crippen molar-refractivity contribution in [3.63, 3.8) is 0 Å². The molecule has 0 aliphatic heterocycles. The third-order valence-electron chi connectivity index (χ3n) is 3.33. The summed E-state index contributed by atoms with van der Waals surface area (Å²) in [5.41, 5.74) is 2.78. The van der Waals surface area contributed by atoms with E-state index in [0.29, 0.717) is 23.7 Å². The average Bonchev–Trinajstić information content (AvgIpc) is 2.76. The van der Waals surface area contributed by atoms with Crippen LogP contribution in [0.25, 0.3) is 0 Å². The molecule has 0 saturated heterocycles. The highest BCUT2D eigenvalue weighted by atomic mass is 32.2. The summed E-state index contributed by atoms with van der Waals surface area (Å²) < 4.78 is 4.99. The Balaban J connectivity index is 2.00. The molecular formula is C15H21NO2S. The molecule has 2 atom stereocenters. The number of esters is 1. The van der Waals surface area contributed by atoms with Gasteiger partial charge < -0.3 is 10.1 Å². The van der Waals surface area contributed by atoms with E-state index in [-0.39, 0.29) is 5.97 Å². The average molecular weight is 279 g/mol. The maximum atomic E-state index is 11.5. The zero-order valence-electron chi connectivity index (χ0n) is 11.5. The predicted molar refractivity (Wildman–Crippen MR) is 79.4 cm³/mol. The van der Waals surface area contributed by atoms with Gasteiger partial charge in [0.1, 0.15) is 0 Å². The molecule has 0 radical (unpaired) electrons. The second kappa shape index (κ2) is 6.96. The van der Waals surface area contributed by atoms with Crippen LogP contribution in [0.4, 0.5) is 0 Å². The Hall–Kier alpha value is -1.00. The highest BCUT2D eigenvalue weighted by molar-refractivity contribution is 8.00. The fourth-order valence-corrected chi connectivity index (χ4v) is 3.72. The molecule has 2 rings (SSSR count). The van der Waals surface area contributed by atoms with E-state index in [2.05, 4.69) is 36.5 Å². The Bertz CT molecular complexity index is 436. The first-order valence-corrected chi connectivity index (χ1v) is 7.89. The number of thioether (sulfide) groups is 1. The topological polar surface area (TPSA) is 38.3 Å². The fourth-order valence-electron chi connectivity index (χ4n) is 2.55. The lowest BCUT2D eigenvalue weighted by atomic mass is 10.1. The molecule has 0 bridgehead atoms. The molecule has 1 aromatic rings. The molecule has 0 aromatic heterocycles. The van der Waals surface area contributed by atoms with E-state index in [9.17, 15) is 4.79 Å². The third kappa shape index (κ3) is 3.51. The van der Waals surface area contributed by atoms with Crippen LogP contribution >= 0.6 is 11.8 Å². The molecule has 1 aromatic carbocycles. The second-order valence-electron chi connectivity index (χ2n) is 4.59. The van der Waals surface area contributed by atoms with Gasteiger partial charge in [0.05, 0.1) is 12.4 Å². The summed E-state index contributed by atoms with van der Waals surface area (Å²) in [7, 11) is 0. The summed E-state index contributed by atoms with van der Waals surface area (Å²) in [6.07, 6.45) is 1.03. The van der Waals surface area contributed by atoms with Crippen LogP contribution in [0.1, 0.15) is 31.0 Å². The summed E-state index contributed by atoms with van der Waals surface area (Å²) in [5.74, 6) is 0.327. The molecule has 104 valence electrons. The number of hydrogen-bond donors (Lipinski definition) is 1. The molecular weight excluding hydrogens is 258 g/mol. The van der Waals surface area contributed by atoms with Crippen molar-refractivity contribution in [1.82, 2.24) is 5.32 Å². The van der Waals surface area contributed by atoms with Gasteiger partial charge in [-0.25, -0.2) is 0 Å². The van der Waals surface area contributed by atoms with Gasteiger partial charge in [0.25, 0.3) is 0 Å². The number of ether oxygens (including phenoxy) is 1. The molecule has 4 heteroatoms. The smallest absolute Gasteiger partial charge is 0.315 e. The van der Waals surface area contributed by atoms with Gasteiger partial charge in [-0.3, -0.25) is 4.79 Å². The minimum atomic E-state index is -0.112. The standard InChI is InChI=1S/C15H21NO2S/c1-3-16-15-12-8-6-5-7-11(12)9-13(15)19-10-14(17)18-4-2/h5-8,13,15-16H,3-4,9-10H2,1-2H3. The lowest BCUT2D eigenvalue weighted by molar-refractivity contribution is -0.139. The Kier molecular flexibility index (Phi) is 5.28. The highest BCUT2D eigenvalue weighted by Crippen LogP contribution is 2.38. The third-order valence-corrected chi connectivity index (χ3v) is 4.60. The zero-order chi connectivity index (χ0) is 13.7. The first-order valence-electron chi connectivity index (χ1n) is 6.84. The minimum absolute atomic E-state index is 0.112. The van der Waals surface area contributed by atoms with E-state index >= 15 is 0 Å².